The smallest absolute Gasteiger partial charge is 0.261 e. The molecule has 0 atom stereocenters. The van der Waals surface area contributed by atoms with Gasteiger partial charge in [0, 0.05) is 33.2 Å². The van der Waals surface area contributed by atoms with Crippen molar-refractivity contribution in [2.24, 2.45) is 0 Å². The molecule has 0 aliphatic heterocycles. The van der Waals surface area contributed by atoms with Gasteiger partial charge in [0.1, 0.15) is 0 Å². The summed E-state index contributed by atoms with van der Waals surface area (Å²) in [6.07, 6.45) is 3.73. The van der Waals surface area contributed by atoms with Crippen molar-refractivity contribution in [1.82, 2.24) is 10.2 Å². The lowest BCUT2D eigenvalue weighted by Crippen LogP contribution is -2.29. The molecule has 0 aliphatic rings. The standard InChI is InChI=1S/C15H24N2O3S/c1-17(10-3-2-4-11-18)14(19)8-5-9-16-15(20)13-7-6-12-21-13/h6-7,12,18H,2-5,8-11H2,1H3,(H,16,20). The van der Waals surface area contributed by atoms with E-state index < -0.39 is 0 Å². The van der Waals surface area contributed by atoms with E-state index in [2.05, 4.69) is 5.32 Å². The van der Waals surface area contributed by atoms with Gasteiger partial charge in [0.25, 0.3) is 5.91 Å². The molecule has 0 aromatic carbocycles. The number of carbonyl (C=O) groups excluding carboxylic acids is 2. The number of rotatable bonds is 10. The maximum atomic E-state index is 11.8. The van der Waals surface area contributed by atoms with Crippen LogP contribution in [0.5, 0.6) is 0 Å². The highest BCUT2D eigenvalue weighted by molar-refractivity contribution is 7.12. The van der Waals surface area contributed by atoms with E-state index >= 15 is 0 Å². The zero-order valence-corrected chi connectivity index (χ0v) is 13.3. The Morgan fingerprint density at radius 1 is 1.29 bits per heavy atom. The summed E-state index contributed by atoms with van der Waals surface area (Å²) < 4.78 is 0. The number of nitrogens with zero attached hydrogens (tertiary/aromatic N) is 1. The molecular formula is C15H24N2O3S. The minimum Gasteiger partial charge on any atom is -0.396 e. The molecule has 118 valence electrons. The van der Waals surface area contributed by atoms with Crippen molar-refractivity contribution >= 4 is 23.2 Å². The Balaban J connectivity index is 2.08. The van der Waals surface area contributed by atoms with Gasteiger partial charge in [0.2, 0.25) is 5.91 Å². The van der Waals surface area contributed by atoms with Gasteiger partial charge in [-0.25, -0.2) is 0 Å². The van der Waals surface area contributed by atoms with Crippen LogP contribution in [0.1, 0.15) is 41.8 Å². The van der Waals surface area contributed by atoms with E-state index in [-0.39, 0.29) is 18.4 Å². The Kier molecular flexibility index (Phi) is 8.69. The van der Waals surface area contributed by atoms with Crippen molar-refractivity contribution in [3.63, 3.8) is 0 Å². The number of nitrogens with one attached hydrogen (secondary N) is 1. The first-order valence-electron chi connectivity index (χ1n) is 7.31. The highest BCUT2D eigenvalue weighted by Crippen LogP contribution is 2.07. The highest BCUT2D eigenvalue weighted by atomic mass is 32.1. The lowest BCUT2D eigenvalue weighted by molar-refractivity contribution is -0.130. The van der Waals surface area contributed by atoms with Crippen LogP contribution in [-0.2, 0) is 4.79 Å². The Labute approximate surface area is 130 Å². The van der Waals surface area contributed by atoms with Crippen LogP contribution in [0.15, 0.2) is 17.5 Å². The number of aliphatic hydroxyl groups is 1. The summed E-state index contributed by atoms with van der Waals surface area (Å²) in [6.45, 7) is 1.45. The zero-order valence-electron chi connectivity index (χ0n) is 12.5. The van der Waals surface area contributed by atoms with Crippen molar-refractivity contribution in [2.75, 3.05) is 26.7 Å². The molecule has 0 aliphatic carbocycles. The molecule has 1 aromatic heterocycles. The first kappa shape index (κ1) is 17.7. The fraction of sp³-hybridized carbons (Fsp3) is 0.600. The minimum atomic E-state index is -0.0743. The van der Waals surface area contributed by atoms with E-state index in [9.17, 15) is 9.59 Å². The third-order valence-corrected chi connectivity index (χ3v) is 4.04. The van der Waals surface area contributed by atoms with Gasteiger partial charge in [-0.2, -0.15) is 0 Å². The Bertz CT molecular complexity index is 421. The molecule has 1 rings (SSSR count). The van der Waals surface area contributed by atoms with Crippen LogP contribution in [0, 0.1) is 0 Å². The molecule has 0 spiro atoms. The Morgan fingerprint density at radius 2 is 2.10 bits per heavy atom. The second kappa shape index (κ2) is 10.3. The molecule has 1 heterocycles. The quantitative estimate of drug-likeness (QED) is 0.648. The van der Waals surface area contributed by atoms with Crippen molar-refractivity contribution in [1.29, 1.82) is 0 Å². The van der Waals surface area contributed by atoms with Gasteiger partial charge >= 0.3 is 0 Å². The van der Waals surface area contributed by atoms with E-state index in [0.717, 1.165) is 25.8 Å². The zero-order chi connectivity index (χ0) is 15.5. The number of amides is 2. The van der Waals surface area contributed by atoms with Gasteiger partial charge < -0.3 is 15.3 Å². The van der Waals surface area contributed by atoms with Crippen LogP contribution in [-0.4, -0.2) is 48.6 Å². The van der Waals surface area contributed by atoms with Gasteiger partial charge in [-0.1, -0.05) is 6.07 Å². The summed E-state index contributed by atoms with van der Waals surface area (Å²) in [5.74, 6) is 0.0270. The van der Waals surface area contributed by atoms with Crippen molar-refractivity contribution in [3.8, 4) is 0 Å². The molecular weight excluding hydrogens is 288 g/mol. The predicted molar refractivity (Wildman–Crippen MR) is 84.5 cm³/mol. The third kappa shape index (κ3) is 7.24. The normalized spacial score (nSPS) is 10.4. The van der Waals surface area contributed by atoms with Gasteiger partial charge in [-0.3, -0.25) is 9.59 Å². The maximum Gasteiger partial charge on any atom is 0.261 e. The first-order chi connectivity index (χ1) is 10.1. The lowest BCUT2D eigenvalue weighted by atomic mass is 10.2. The Hall–Kier alpha value is -1.40. The number of unbranched alkanes of at least 4 members (excludes halogenated alkanes) is 2. The minimum absolute atomic E-state index is 0.0743. The summed E-state index contributed by atoms with van der Waals surface area (Å²) in [4.78, 5) is 25.9. The summed E-state index contributed by atoms with van der Waals surface area (Å²) in [7, 11) is 1.80. The van der Waals surface area contributed by atoms with Gasteiger partial charge in [0.05, 0.1) is 4.88 Å². The first-order valence-corrected chi connectivity index (χ1v) is 8.19. The van der Waals surface area contributed by atoms with Crippen molar-refractivity contribution in [3.05, 3.63) is 22.4 Å². The SMILES string of the molecule is CN(CCCCCO)C(=O)CCCNC(=O)c1cccs1. The largest absolute Gasteiger partial charge is 0.396 e. The summed E-state index contributed by atoms with van der Waals surface area (Å²) >= 11 is 1.41. The third-order valence-electron chi connectivity index (χ3n) is 3.18. The van der Waals surface area contributed by atoms with E-state index in [1.807, 2.05) is 11.4 Å². The van der Waals surface area contributed by atoms with Gasteiger partial charge in [0.15, 0.2) is 0 Å². The average Bonchev–Trinajstić information content (AvgIpc) is 3.01. The highest BCUT2D eigenvalue weighted by Gasteiger charge is 2.09. The number of aliphatic hydroxyl groups excluding tert-OH is 1. The number of thiophene rings is 1. The molecule has 5 nitrogen and oxygen atoms in total. The van der Waals surface area contributed by atoms with Crippen LogP contribution in [0.25, 0.3) is 0 Å². The van der Waals surface area contributed by atoms with Crippen LogP contribution >= 0.6 is 11.3 Å². The maximum absolute atomic E-state index is 11.8. The van der Waals surface area contributed by atoms with E-state index in [4.69, 9.17) is 5.11 Å². The molecule has 2 N–H and O–H groups in total. The summed E-state index contributed by atoms with van der Waals surface area (Å²) in [5, 5.41) is 13.4. The molecule has 21 heavy (non-hydrogen) atoms. The second-order valence-corrected chi connectivity index (χ2v) is 5.88. The average molecular weight is 312 g/mol. The van der Waals surface area contributed by atoms with Crippen LogP contribution < -0.4 is 5.32 Å². The fourth-order valence-corrected chi connectivity index (χ4v) is 2.53. The number of hydrogen-bond donors (Lipinski definition) is 2. The molecule has 0 saturated carbocycles. The van der Waals surface area contributed by atoms with Crippen LogP contribution in [0.3, 0.4) is 0 Å². The van der Waals surface area contributed by atoms with E-state index in [1.54, 1.807) is 18.0 Å². The fourth-order valence-electron chi connectivity index (χ4n) is 1.89. The number of hydrogen-bond acceptors (Lipinski definition) is 4. The predicted octanol–water partition coefficient (Wildman–Crippen LogP) is 1.88. The van der Waals surface area contributed by atoms with E-state index in [0.29, 0.717) is 24.3 Å². The van der Waals surface area contributed by atoms with Crippen molar-refractivity contribution in [2.45, 2.75) is 32.1 Å². The van der Waals surface area contributed by atoms with Gasteiger partial charge in [-0.05, 0) is 37.1 Å². The van der Waals surface area contributed by atoms with E-state index in [1.165, 1.54) is 11.3 Å². The molecule has 1 aromatic rings. The molecule has 0 bridgehead atoms. The number of carbonyl (C=O) groups is 2. The second-order valence-electron chi connectivity index (χ2n) is 4.94. The van der Waals surface area contributed by atoms with Crippen molar-refractivity contribution < 1.29 is 14.7 Å². The summed E-state index contributed by atoms with van der Waals surface area (Å²) in [6, 6.07) is 3.63. The molecule has 0 unspecified atom stereocenters. The molecule has 0 radical (unpaired) electrons. The molecule has 2 amide bonds. The topological polar surface area (TPSA) is 69.6 Å². The van der Waals surface area contributed by atoms with Crippen LogP contribution in [0.2, 0.25) is 0 Å². The molecule has 6 heteroatoms. The van der Waals surface area contributed by atoms with Crippen LogP contribution in [0.4, 0.5) is 0 Å². The lowest BCUT2D eigenvalue weighted by Gasteiger charge is -2.17. The molecule has 0 saturated heterocycles. The summed E-state index contributed by atoms with van der Waals surface area (Å²) in [5.41, 5.74) is 0. The molecule has 0 fully saturated rings. The van der Waals surface area contributed by atoms with Gasteiger partial charge in [-0.15, -0.1) is 11.3 Å². The monoisotopic (exact) mass is 312 g/mol. The Morgan fingerprint density at radius 3 is 2.76 bits per heavy atom.